The van der Waals surface area contributed by atoms with Crippen LogP contribution in [0.2, 0.25) is 0 Å². The summed E-state index contributed by atoms with van der Waals surface area (Å²) in [5.74, 6) is 0.174. The number of para-hydroxylation sites is 1. The maximum absolute atomic E-state index is 11.4. The molecule has 1 atom stereocenters. The fourth-order valence-electron chi connectivity index (χ4n) is 1.97. The number of carbonyl (C=O) groups is 1. The second-order valence-corrected chi connectivity index (χ2v) is 4.02. The number of benzene rings is 1. The van der Waals surface area contributed by atoms with Gasteiger partial charge >= 0.3 is 0 Å². The number of fused-ring (bicyclic) bond motifs is 1. The predicted molar refractivity (Wildman–Crippen MR) is 65.5 cm³/mol. The van der Waals surface area contributed by atoms with E-state index in [9.17, 15) is 4.79 Å². The molecular formula is C13H16N2O. The molecule has 0 amide bonds. The summed E-state index contributed by atoms with van der Waals surface area (Å²) in [6.07, 6.45) is 2.72. The van der Waals surface area contributed by atoms with Gasteiger partial charge in [-0.15, -0.1) is 0 Å². The molecule has 1 aromatic carbocycles. The lowest BCUT2D eigenvalue weighted by Crippen LogP contribution is -2.34. The highest BCUT2D eigenvalue weighted by Gasteiger charge is 2.14. The molecule has 2 rings (SSSR count). The van der Waals surface area contributed by atoms with Gasteiger partial charge in [0.25, 0.3) is 0 Å². The van der Waals surface area contributed by atoms with Crippen LogP contribution in [0.15, 0.2) is 30.5 Å². The minimum Gasteiger partial charge on any atom is -0.361 e. The van der Waals surface area contributed by atoms with Gasteiger partial charge in [0.1, 0.15) is 5.78 Å². The van der Waals surface area contributed by atoms with Crippen LogP contribution in [0.1, 0.15) is 12.5 Å². The zero-order valence-electron chi connectivity index (χ0n) is 9.58. The second kappa shape index (κ2) is 4.49. The molecule has 84 valence electrons. The lowest BCUT2D eigenvalue weighted by molar-refractivity contribution is -0.118. The molecule has 0 saturated carbocycles. The first-order chi connectivity index (χ1) is 7.72. The summed E-state index contributed by atoms with van der Waals surface area (Å²) >= 11 is 0. The molecule has 0 aliphatic heterocycles. The van der Waals surface area contributed by atoms with Gasteiger partial charge in [-0.3, -0.25) is 4.79 Å². The maximum atomic E-state index is 11.4. The SMILES string of the molecule is CNC(Cc1c[nH]c2ccccc12)C(C)=O. The lowest BCUT2D eigenvalue weighted by atomic mass is 10.0. The number of aromatic nitrogens is 1. The van der Waals surface area contributed by atoms with Gasteiger partial charge in [0.2, 0.25) is 0 Å². The first-order valence-electron chi connectivity index (χ1n) is 5.45. The maximum Gasteiger partial charge on any atom is 0.147 e. The summed E-state index contributed by atoms with van der Waals surface area (Å²) in [7, 11) is 1.82. The molecule has 0 fully saturated rings. The van der Waals surface area contributed by atoms with Gasteiger partial charge in [-0.25, -0.2) is 0 Å². The third-order valence-corrected chi connectivity index (χ3v) is 2.94. The van der Waals surface area contributed by atoms with E-state index in [1.54, 1.807) is 6.92 Å². The normalized spacial score (nSPS) is 12.9. The molecule has 3 heteroatoms. The Hall–Kier alpha value is -1.61. The third kappa shape index (κ3) is 1.99. The smallest absolute Gasteiger partial charge is 0.147 e. The first-order valence-corrected chi connectivity index (χ1v) is 5.45. The molecule has 0 aliphatic rings. The second-order valence-electron chi connectivity index (χ2n) is 4.02. The first kappa shape index (κ1) is 10.9. The highest BCUT2D eigenvalue weighted by Crippen LogP contribution is 2.19. The summed E-state index contributed by atoms with van der Waals surface area (Å²) in [6, 6.07) is 8.04. The zero-order valence-corrected chi connectivity index (χ0v) is 9.58. The summed E-state index contributed by atoms with van der Waals surface area (Å²) < 4.78 is 0. The van der Waals surface area contributed by atoms with E-state index >= 15 is 0 Å². The quantitative estimate of drug-likeness (QED) is 0.819. The van der Waals surface area contributed by atoms with Crippen LogP contribution in [-0.4, -0.2) is 23.9 Å². The van der Waals surface area contributed by atoms with Crippen LogP contribution < -0.4 is 5.32 Å². The summed E-state index contributed by atoms with van der Waals surface area (Å²) in [4.78, 5) is 14.6. The van der Waals surface area contributed by atoms with Crippen LogP contribution in [0.5, 0.6) is 0 Å². The van der Waals surface area contributed by atoms with Crippen LogP contribution in [0.3, 0.4) is 0 Å². The molecule has 0 spiro atoms. The monoisotopic (exact) mass is 216 g/mol. The Morgan fingerprint density at radius 1 is 1.44 bits per heavy atom. The zero-order chi connectivity index (χ0) is 11.5. The van der Waals surface area contributed by atoms with Gasteiger partial charge in [0.05, 0.1) is 6.04 Å². The highest BCUT2D eigenvalue weighted by atomic mass is 16.1. The van der Waals surface area contributed by atoms with Crippen molar-refractivity contribution in [3.8, 4) is 0 Å². The molecule has 1 aromatic heterocycles. The highest BCUT2D eigenvalue weighted by molar-refractivity contribution is 5.86. The van der Waals surface area contributed by atoms with Crippen LogP contribution in [-0.2, 0) is 11.2 Å². The topological polar surface area (TPSA) is 44.9 Å². The Labute approximate surface area is 94.9 Å². The fraction of sp³-hybridized carbons (Fsp3) is 0.308. The Bertz CT molecular complexity index is 501. The van der Waals surface area contributed by atoms with E-state index in [-0.39, 0.29) is 11.8 Å². The molecule has 0 aliphatic carbocycles. The number of nitrogens with one attached hydrogen (secondary N) is 2. The van der Waals surface area contributed by atoms with Crippen molar-refractivity contribution in [1.82, 2.24) is 10.3 Å². The van der Waals surface area contributed by atoms with E-state index in [2.05, 4.69) is 16.4 Å². The molecule has 3 nitrogen and oxygen atoms in total. The van der Waals surface area contributed by atoms with Crippen molar-refractivity contribution in [3.05, 3.63) is 36.0 Å². The fourth-order valence-corrected chi connectivity index (χ4v) is 1.97. The lowest BCUT2D eigenvalue weighted by Gasteiger charge is -2.11. The predicted octanol–water partition coefficient (Wildman–Crippen LogP) is 1.89. The molecule has 0 radical (unpaired) electrons. The van der Waals surface area contributed by atoms with Crippen molar-refractivity contribution in [3.63, 3.8) is 0 Å². The van der Waals surface area contributed by atoms with Gasteiger partial charge in [-0.2, -0.15) is 0 Å². The molecule has 1 heterocycles. The van der Waals surface area contributed by atoms with Crippen LogP contribution in [0.4, 0.5) is 0 Å². The minimum absolute atomic E-state index is 0.0980. The number of likely N-dealkylation sites (N-methyl/N-ethyl adjacent to an activating group) is 1. The number of H-pyrrole nitrogens is 1. The van der Waals surface area contributed by atoms with Crippen molar-refractivity contribution in [2.45, 2.75) is 19.4 Å². The van der Waals surface area contributed by atoms with Crippen molar-refractivity contribution in [2.24, 2.45) is 0 Å². The Balaban J connectivity index is 2.30. The molecule has 16 heavy (non-hydrogen) atoms. The summed E-state index contributed by atoms with van der Waals surface area (Å²) in [5.41, 5.74) is 2.31. The summed E-state index contributed by atoms with van der Waals surface area (Å²) in [6.45, 7) is 1.62. The van der Waals surface area contributed by atoms with Gasteiger partial charge in [0.15, 0.2) is 0 Å². The van der Waals surface area contributed by atoms with Gasteiger partial charge in [0, 0.05) is 17.1 Å². The van der Waals surface area contributed by atoms with Gasteiger partial charge < -0.3 is 10.3 Å². The Morgan fingerprint density at radius 3 is 2.88 bits per heavy atom. The number of hydrogen-bond acceptors (Lipinski definition) is 2. The average molecular weight is 216 g/mol. The number of aromatic amines is 1. The number of rotatable bonds is 4. The molecule has 0 bridgehead atoms. The molecule has 0 saturated heterocycles. The van der Waals surface area contributed by atoms with E-state index < -0.39 is 0 Å². The molecular weight excluding hydrogens is 200 g/mol. The Kier molecular flexibility index (Phi) is 3.06. The Morgan fingerprint density at radius 2 is 2.19 bits per heavy atom. The van der Waals surface area contributed by atoms with Crippen LogP contribution in [0, 0.1) is 0 Å². The van der Waals surface area contributed by atoms with E-state index in [0.29, 0.717) is 0 Å². The van der Waals surface area contributed by atoms with Crippen molar-refractivity contribution in [2.75, 3.05) is 7.05 Å². The average Bonchev–Trinajstić information content (AvgIpc) is 2.69. The molecule has 1 unspecified atom stereocenters. The number of carbonyl (C=O) groups excluding carboxylic acids is 1. The number of hydrogen-bond donors (Lipinski definition) is 2. The van der Waals surface area contributed by atoms with Gasteiger partial charge in [-0.05, 0) is 32.0 Å². The minimum atomic E-state index is -0.0980. The number of ketones is 1. The van der Waals surface area contributed by atoms with E-state index in [4.69, 9.17) is 0 Å². The van der Waals surface area contributed by atoms with E-state index in [1.807, 2.05) is 31.4 Å². The molecule has 2 aromatic rings. The third-order valence-electron chi connectivity index (χ3n) is 2.94. The van der Waals surface area contributed by atoms with Gasteiger partial charge in [-0.1, -0.05) is 18.2 Å². The van der Waals surface area contributed by atoms with Crippen LogP contribution >= 0.6 is 0 Å². The van der Waals surface area contributed by atoms with Crippen molar-refractivity contribution >= 4 is 16.7 Å². The number of Topliss-reactive ketones (excluding diaryl/α,β-unsaturated/α-hetero) is 1. The van der Waals surface area contributed by atoms with E-state index in [1.165, 1.54) is 10.9 Å². The largest absolute Gasteiger partial charge is 0.361 e. The molecule has 2 N–H and O–H groups in total. The van der Waals surface area contributed by atoms with Crippen molar-refractivity contribution < 1.29 is 4.79 Å². The van der Waals surface area contributed by atoms with Crippen LogP contribution in [0.25, 0.3) is 10.9 Å². The van der Waals surface area contributed by atoms with E-state index in [0.717, 1.165) is 11.9 Å². The van der Waals surface area contributed by atoms with Crippen molar-refractivity contribution in [1.29, 1.82) is 0 Å². The summed E-state index contributed by atoms with van der Waals surface area (Å²) in [5, 5.41) is 4.24. The standard InChI is InChI=1S/C13H16N2O/c1-9(16)13(14-2)7-10-8-15-12-6-4-3-5-11(10)12/h3-6,8,13-15H,7H2,1-2H3.